The van der Waals surface area contributed by atoms with Gasteiger partial charge < -0.3 is 35.1 Å². The molecule has 1 aromatic heterocycles. The summed E-state index contributed by atoms with van der Waals surface area (Å²) in [6.45, 7) is -0.629. The minimum atomic E-state index is -4.49. The minimum Gasteiger partial charge on any atom is -0.495 e. The van der Waals surface area contributed by atoms with E-state index in [0.717, 1.165) is 10.3 Å². The Morgan fingerprint density at radius 2 is 1.70 bits per heavy atom. The number of primary sulfonamides is 1. The summed E-state index contributed by atoms with van der Waals surface area (Å²) in [5, 5.41) is 30.5. The average molecular weight is 632 g/mol. The fourth-order valence-corrected chi connectivity index (χ4v) is 5.17. The van der Waals surface area contributed by atoms with Gasteiger partial charge in [-0.25, -0.2) is 13.6 Å². The first-order chi connectivity index (χ1) is 20.9. The number of nitrogens with one attached hydrogen (secondary N) is 2. The SMILES string of the molecule is COc1cc(S(N)(=O)=O)ccc1NCC#Cc1cc2c(Nc3ccc(N(CCO)CCO)cc3)cccc2n1CC(F)(F)F. The van der Waals surface area contributed by atoms with Gasteiger partial charge in [-0.1, -0.05) is 12.0 Å². The number of rotatable bonds is 12. The predicted octanol–water partition coefficient (Wildman–Crippen LogP) is 3.86. The summed E-state index contributed by atoms with van der Waals surface area (Å²) in [6, 6.07) is 17.9. The van der Waals surface area contributed by atoms with E-state index >= 15 is 0 Å². The Balaban J connectivity index is 1.60. The van der Waals surface area contributed by atoms with Crippen LogP contribution in [0.5, 0.6) is 5.75 Å². The largest absolute Gasteiger partial charge is 0.495 e. The smallest absolute Gasteiger partial charge is 0.406 e. The Labute approximate surface area is 252 Å². The molecule has 4 aromatic rings. The first kappa shape index (κ1) is 32.5. The van der Waals surface area contributed by atoms with E-state index in [4.69, 9.17) is 9.88 Å². The summed E-state index contributed by atoms with van der Waals surface area (Å²) >= 11 is 0. The number of aliphatic hydroxyl groups is 2. The van der Waals surface area contributed by atoms with Gasteiger partial charge in [0.05, 0.1) is 48.7 Å². The number of aliphatic hydroxyl groups excluding tert-OH is 2. The molecule has 3 aromatic carbocycles. The van der Waals surface area contributed by atoms with E-state index in [2.05, 4.69) is 22.5 Å². The molecule has 0 spiro atoms. The van der Waals surface area contributed by atoms with E-state index in [1.165, 1.54) is 25.3 Å². The molecule has 0 saturated carbocycles. The maximum atomic E-state index is 13.6. The van der Waals surface area contributed by atoms with Gasteiger partial charge in [0.1, 0.15) is 12.3 Å². The molecule has 0 radical (unpaired) electrons. The van der Waals surface area contributed by atoms with Gasteiger partial charge in [0.25, 0.3) is 0 Å². The summed E-state index contributed by atoms with van der Waals surface area (Å²) in [6.07, 6.45) is -4.49. The van der Waals surface area contributed by atoms with Crippen molar-refractivity contribution < 1.29 is 36.5 Å². The third kappa shape index (κ3) is 8.14. The standard InChI is InChI=1S/C30H32F3N5O5S/c1-43-29-19-24(44(34,41)42)11-12-27(29)35-13-3-4-23-18-25-26(5-2-6-28(25)38(23)20-30(31,32)33)36-21-7-9-22(10-8-21)37(14-16-39)15-17-40/h2,5-12,18-19,35-36,39-40H,13-17,20H2,1H3,(H2,34,41,42). The number of aromatic nitrogens is 1. The topological polar surface area (TPSA) is 142 Å². The minimum absolute atomic E-state index is 0.0274. The van der Waals surface area contributed by atoms with E-state index in [9.17, 15) is 31.8 Å². The van der Waals surface area contributed by atoms with Crippen molar-refractivity contribution in [1.29, 1.82) is 0 Å². The van der Waals surface area contributed by atoms with Crippen molar-refractivity contribution in [2.24, 2.45) is 5.14 Å². The maximum Gasteiger partial charge on any atom is 0.406 e. The highest BCUT2D eigenvalue weighted by molar-refractivity contribution is 7.89. The lowest BCUT2D eigenvalue weighted by atomic mass is 10.2. The summed E-state index contributed by atoms with van der Waals surface area (Å²) in [5.74, 6) is 5.87. The second-order valence-corrected chi connectivity index (χ2v) is 11.2. The number of ether oxygens (including phenoxy) is 1. The number of benzene rings is 3. The lowest BCUT2D eigenvalue weighted by Gasteiger charge is -2.23. The van der Waals surface area contributed by atoms with Crippen LogP contribution in [0.4, 0.5) is 35.9 Å². The predicted molar refractivity (Wildman–Crippen MR) is 164 cm³/mol. The van der Waals surface area contributed by atoms with Gasteiger partial charge in [0.2, 0.25) is 10.0 Å². The van der Waals surface area contributed by atoms with Crippen LogP contribution in [0.15, 0.2) is 71.6 Å². The Morgan fingerprint density at radius 1 is 1.00 bits per heavy atom. The van der Waals surface area contributed by atoms with E-state index < -0.39 is 22.7 Å². The van der Waals surface area contributed by atoms with Crippen LogP contribution in [0, 0.1) is 11.8 Å². The van der Waals surface area contributed by atoms with Crippen molar-refractivity contribution in [3.63, 3.8) is 0 Å². The first-order valence-electron chi connectivity index (χ1n) is 13.4. The molecular formula is C30H32F3N5O5S. The number of fused-ring (bicyclic) bond motifs is 1. The number of anilines is 4. The van der Waals surface area contributed by atoms with E-state index in [1.54, 1.807) is 36.4 Å². The summed E-state index contributed by atoms with van der Waals surface area (Å²) in [5.41, 5.74) is 3.01. The van der Waals surface area contributed by atoms with Gasteiger partial charge in [-0.15, -0.1) is 0 Å². The van der Waals surface area contributed by atoms with Crippen LogP contribution >= 0.6 is 0 Å². The average Bonchev–Trinajstić information content (AvgIpc) is 3.31. The van der Waals surface area contributed by atoms with Gasteiger partial charge >= 0.3 is 6.18 Å². The zero-order valence-electron chi connectivity index (χ0n) is 23.7. The van der Waals surface area contributed by atoms with Gasteiger partial charge in [0.15, 0.2) is 0 Å². The second kappa shape index (κ2) is 13.9. The fourth-order valence-electron chi connectivity index (χ4n) is 4.64. The highest BCUT2D eigenvalue weighted by atomic mass is 32.2. The van der Waals surface area contributed by atoms with Gasteiger partial charge in [0, 0.05) is 41.6 Å². The summed E-state index contributed by atoms with van der Waals surface area (Å²) in [7, 11) is -2.57. The molecule has 234 valence electrons. The molecule has 0 atom stereocenters. The third-order valence-electron chi connectivity index (χ3n) is 6.62. The number of hydrogen-bond donors (Lipinski definition) is 5. The first-order valence-corrected chi connectivity index (χ1v) is 14.9. The van der Waals surface area contributed by atoms with E-state index in [-0.39, 0.29) is 36.1 Å². The highest BCUT2D eigenvalue weighted by Gasteiger charge is 2.30. The zero-order valence-corrected chi connectivity index (χ0v) is 24.5. The van der Waals surface area contributed by atoms with Crippen LogP contribution in [0.1, 0.15) is 5.69 Å². The van der Waals surface area contributed by atoms with Crippen LogP contribution in [0.25, 0.3) is 10.9 Å². The van der Waals surface area contributed by atoms with Gasteiger partial charge in [-0.05, 0) is 60.5 Å². The van der Waals surface area contributed by atoms with Crippen molar-refractivity contribution in [3.8, 4) is 17.6 Å². The number of halogens is 3. The lowest BCUT2D eigenvalue weighted by molar-refractivity contribution is -0.140. The number of methoxy groups -OCH3 is 1. The second-order valence-electron chi connectivity index (χ2n) is 9.64. The molecule has 0 aliphatic carbocycles. The van der Waals surface area contributed by atoms with Crippen LogP contribution in [-0.2, 0) is 16.6 Å². The number of alkyl halides is 3. The van der Waals surface area contributed by atoms with Crippen LogP contribution in [-0.4, -0.2) is 69.3 Å². The molecular weight excluding hydrogens is 599 g/mol. The number of nitrogens with two attached hydrogens (primary N) is 1. The van der Waals surface area contributed by atoms with Crippen molar-refractivity contribution in [1.82, 2.24) is 4.57 Å². The molecule has 44 heavy (non-hydrogen) atoms. The lowest BCUT2D eigenvalue weighted by Crippen LogP contribution is -2.29. The molecule has 0 aliphatic heterocycles. The molecule has 0 fully saturated rings. The van der Waals surface area contributed by atoms with Crippen molar-refractivity contribution in [3.05, 3.63) is 72.4 Å². The quantitative estimate of drug-likeness (QED) is 0.149. The van der Waals surface area contributed by atoms with Crippen molar-refractivity contribution in [2.75, 3.05) is 55.5 Å². The summed E-state index contributed by atoms with van der Waals surface area (Å²) in [4.78, 5) is 1.70. The van der Waals surface area contributed by atoms with Crippen molar-refractivity contribution in [2.45, 2.75) is 17.6 Å². The number of nitrogens with zero attached hydrogens (tertiary/aromatic N) is 2. The van der Waals surface area contributed by atoms with Crippen LogP contribution < -0.4 is 25.4 Å². The maximum absolute atomic E-state index is 13.6. The molecule has 10 nitrogen and oxygen atoms in total. The third-order valence-corrected chi connectivity index (χ3v) is 7.53. The molecule has 0 aliphatic rings. The molecule has 0 unspecified atom stereocenters. The molecule has 1 heterocycles. The summed E-state index contributed by atoms with van der Waals surface area (Å²) < 4.78 is 70.4. The van der Waals surface area contributed by atoms with Gasteiger partial charge in [-0.2, -0.15) is 13.2 Å². The van der Waals surface area contributed by atoms with E-state index in [1.807, 2.05) is 17.0 Å². The highest BCUT2D eigenvalue weighted by Crippen LogP contribution is 2.32. The van der Waals surface area contributed by atoms with Crippen LogP contribution in [0.3, 0.4) is 0 Å². The Bertz CT molecular complexity index is 1760. The van der Waals surface area contributed by atoms with Crippen molar-refractivity contribution >= 4 is 43.7 Å². The Morgan fingerprint density at radius 3 is 2.32 bits per heavy atom. The molecule has 6 N–H and O–H groups in total. The molecule has 14 heteroatoms. The molecule has 4 rings (SSSR count). The molecule has 0 saturated heterocycles. The molecule has 0 amide bonds. The van der Waals surface area contributed by atoms with Crippen LogP contribution in [0.2, 0.25) is 0 Å². The Kier molecular flexibility index (Phi) is 10.3. The van der Waals surface area contributed by atoms with Gasteiger partial charge in [-0.3, -0.25) is 0 Å². The number of sulfonamides is 1. The normalized spacial score (nSPS) is 11.6. The monoisotopic (exact) mass is 631 g/mol. The number of hydrogen-bond acceptors (Lipinski definition) is 8. The molecule has 0 bridgehead atoms. The zero-order chi connectivity index (χ0) is 31.9. The Hall–Kier alpha value is -4.42. The fraction of sp³-hybridized carbons (Fsp3) is 0.267. The van der Waals surface area contributed by atoms with E-state index in [0.29, 0.717) is 41.1 Å².